The van der Waals surface area contributed by atoms with Crippen LogP contribution in [0.4, 0.5) is 0 Å². The van der Waals surface area contributed by atoms with E-state index in [0.29, 0.717) is 12.0 Å². The molecule has 2 heteroatoms. The fourth-order valence-electron chi connectivity index (χ4n) is 0.976. The van der Waals surface area contributed by atoms with Crippen molar-refractivity contribution < 1.29 is 4.74 Å². The number of nitrogens with two attached hydrogens (primary N) is 1. The van der Waals surface area contributed by atoms with E-state index in [4.69, 9.17) is 10.5 Å². The Morgan fingerprint density at radius 1 is 1.27 bits per heavy atom. The summed E-state index contributed by atoms with van der Waals surface area (Å²) >= 11 is 0. The maximum atomic E-state index is 5.72. The minimum absolute atomic E-state index is 0.331. The van der Waals surface area contributed by atoms with Crippen LogP contribution < -0.4 is 5.73 Å². The molecule has 2 N–H and O–H groups in total. The van der Waals surface area contributed by atoms with E-state index in [1.165, 1.54) is 12.8 Å². The summed E-state index contributed by atoms with van der Waals surface area (Å²) in [6.45, 7) is 5.16. The Kier molecular flexibility index (Phi) is 6.57. The predicted octanol–water partition coefficient (Wildman–Crippen LogP) is 1.79. The van der Waals surface area contributed by atoms with E-state index in [9.17, 15) is 0 Å². The SMILES string of the molecule is COCCCCC(C)C(C)N. The maximum absolute atomic E-state index is 5.72. The molecule has 0 bridgehead atoms. The third kappa shape index (κ3) is 6.32. The van der Waals surface area contributed by atoms with Gasteiger partial charge in [0.05, 0.1) is 0 Å². The van der Waals surface area contributed by atoms with Crippen molar-refractivity contribution >= 4 is 0 Å². The Morgan fingerprint density at radius 3 is 2.36 bits per heavy atom. The number of ether oxygens (including phenoxy) is 1. The normalized spacial score (nSPS) is 16.4. The van der Waals surface area contributed by atoms with E-state index >= 15 is 0 Å². The fourth-order valence-corrected chi connectivity index (χ4v) is 0.976. The van der Waals surface area contributed by atoms with Crippen LogP contribution in [0.1, 0.15) is 33.1 Å². The van der Waals surface area contributed by atoms with Crippen molar-refractivity contribution in [3.8, 4) is 0 Å². The summed E-state index contributed by atoms with van der Waals surface area (Å²) in [5.74, 6) is 0.645. The molecule has 0 aliphatic carbocycles. The molecule has 0 saturated heterocycles. The molecule has 0 aliphatic rings. The van der Waals surface area contributed by atoms with Gasteiger partial charge in [0.2, 0.25) is 0 Å². The van der Waals surface area contributed by atoms with E-state index in [1.807, 2.05) is 0 Å². The van der Waals surface area contributed by atoms with E-state index in [-0.39, 0.29) is 0 Å². The average Bonchev–Trinajstić information content (AvgIpc) is 1.97. The zero-order valence-corrected chi connectivity index (χ0v) is 7.97. The fraction of sp³-hybridized carbons (Fsp3) is 1.00. The van der Waals surface area contributed by atoms with Crippen molar-refractivity contribution in [1.82, 2.24) is 0 Å². The molecule has 2 atom stereocenters. The van der Waals surface area contributed by atoms with Crippen LogP contribution >= 0.6 is 0 Å². The minimum Gasteiger partial charge on any atom is -0.385 e. The molecule has 0 aliphatic heterocycles. The lowest BCUT2D eigenvalue weighted by atomic mass is 9.98. The molecule has 0 fully saturated rings. The number of hydrogen-bond donors (Lipinski definition) is 1. The van der Waals surface area contributed by atoms with Gasteiger partial charge < -0.3 is 10.5 Å². The Hall–Kier alpha value is -0.0800. The predicted molar refractivity (Wildman–Crippen MR) is 48.5 cm³/mol. The van der Waals surface area contributed by atoms with Crippen molar-refractivity contribution in [3.05, 3.63) is 0 Å². The van der Waals surface area contributed by atoms with Gasteiger partial charge in [-0.2, -0.15) is 0 Å². The highest BCUT2D eigenvalue weighted by atomic mass is 16.5. The topological polar surface area (TPSA) is 35.2 Å². The molecule has 68 valence electrons. The van der Waals surface area contributed by atoms with Crippen LogP contribution in [0.3, 0.4) is 0 Å². The molecule has 11 heavy (non-hydrogen) atoms. The minimum atomic E-state index is 0.331. The molecule has 0 radical (unpaired) electrons. The zero-order valence-electron chi connectivity index (χ0n) is 7.97. The highest BCUT2D eigenvalue weighted by Gasteiger charge is 2.05. The molecular formula is C9H21NO. The van der Waals surface area contributed by atoms with Crippen molar-refractivity contribution in [2.75, 3.05) is 13.7 Å². The van der Waals surface area contributed by atoms with Crippen LogP contribution in [-0.4, -0.2) is 19.8 Å². The molecular weight excluding hydrogens is 138 g/mol. The van der Waals surface area contributed by atoms with E-state index < -0.39 is 0 Å². The van der Waals surface area contributed by atoms with Crippen molar-refractivity contribution in [2.45, 2.75) is 39.2 Å². The molecule has 2 unspecified atom stereocenters. The monoisotopic (exact) mass is 159 g/mol. The van der Waals surface area contributed by atoms with Crippen LogP contribution in [0.25, 0.3) is 0 Å². The molecule has 0 amide bonds. The molecule has 0 aromatic carbocycles. The lowest BCUT2D eigenvalue weighted by molar-refractivity contribution is 0.190. The van der Waals surface area contributed by atoms with Crippen LogP contribution in [0.2, 0.25) is 0 Å². The van der Waals surface area contributed by atoms with Gasteiger partial charge in [-0.1, -0.05) is 13.3 Å². The third-order valence-electron chi connectivity index (χ3n) is 2.16. The van der Waals surface area contributed by atoms with Crippen molar-refractivity contribution in [2.24, 2.45) is 11.7 Å². The third-order valence-corrected chi connectivity index (χ3v) is 2.16. The first kappa shape index (κ1) is 10.9. The maximum Gasteiger partial charge on any atom is 0.0462 e. The lowest BCUT2D eigenvalue weighted by Crippen LogP contribution is -2.24. The van der Waals surface area contributed by atoms with E-state index in [2.05, 4.69) is 13.8 Å². The summed E-state index contributed by atoms with van der Waals surface area (Å²) in [7, 11) is 1.75. The summed E-state index contributed by atoms with van der Waals surface area (Å²) in [5, 5.41) is 0. The summed E-state index contributed by atoms with van der Waals surface area (Å²) < 4.78 is 4.95. The highest BCUT2D eigenvalue weighted by molar-refractivity contribution is 4.62. The van der Waals surface area contributed by atoms with Gasteiger partial charge in [0.1, 0.15) is 0 Å². The van der Waals surface area contributed by atoms with Gasteiger partial charge in [0, 0.05) is 19.8 Å². The smallest absolute Gasteiger partial charge is 0.0462 e. The summed E-state index contributed by atoms with van der Waals surface area (Å²) in [6, 6.07) is 0.331. The molecule has 0 spiro atoms. The van der Waals surface area contributed by atoms with Crippen LogP contribution in [0.5, 0.6) is 0 Å². The second-order valence-electron chi connectivity index (χ2n) is 3.32. The Balaban J connectivity index is 3.10. The second-order valence-corrected chi connectivity index (χ2v) is 3.32. The summed E-state index contributed by atoms with van der Waals surface area (Å²) in [5.41, 5.74) is 5.72. The Labute approximate surface area is 70.1 Å². The summed E-state index contributed by atoms with van der Waals surface area (Å²) in [6.07, 6.45) is 3.62. The standard InChI is InChI=1S/C9H21NO/c1-8(9(2)10)6-4-5-7-11-3/h8-9H,4-7,10H2,1-3H3. The van der Waals surface area contributed by atoms with Crippen LogP contribution in [0.15, 0.2) is 0 Å². The number of hydrogen-bond acceptors (Lipinski definition) is 2. The molecule has 0 rings (SSSR count). The Bertz CT molecular complexity index is 83.6. The first-order valence-corrected chi connectivity index (χ1v) is 4.43. The van der Waals surface area contributed by atoms with Gasteiger partial charge >= 0.3 is 0 Å². The lowest BCUT2D eigenvalue weighted by Gasteiger charge is -2.14. The van der Waals surface area contributed by atoms with Gasteiger partial charge in [-0.3, -0.25) is 0 Å². The Morgan fingerprint density at radius 2 is 1.91 bits per heavy atom. The second kappa shape index (κ2) is 6.62. The van der Waals surface area contributed by atoms with Crippen molar-refractivity contribution in [1.29, 1.82) is 0 Å². The van der Waals surface area contributed by atoms with E-state index in [0.717, 1.165) is 13.0 Å². The van der Waals surface area contributed by atoms with Gasteiger partial charge in [-0.05, 0) is 25.7 Å². The largest absolute Gasteiger partial charge is 0.385 e. The first-order chi connectivity index (χ1) is 5.18. The number of unbranched alkanes of at least 4 members (excludes halogenated alkanes) is 1. The molecule has 0 aromatic heterocycles. The molecule has 0 aromatic rings. The average molecular weight is 159 g/mol. The van der Waals surface area contributed by atoms with Gasteiger partial charge in [0.25, 0.3) is 0 Å². The number of methoxy groups -OCH3 is 1. The zero-order chi connectivity index (χ0) is 8.69. The van der Waals surface area contributed by atoms with Crippen molar-refractivity contribution in [3.63, 3.8) is 0 Å². The van der Waals surface area contributed by atoms with E-state index in [1.54, 1.807) is 7.11 Å². The van der Waals surface area contributed by atoms with Gasteiger partial charge in [-0.15, -0.1) is 0 Å². The molecule has 0 heterocycles. The first-order valence-electron chi connectivity index (χ1n) is 4.43. The van der Waals surface area contributed by atoms with Gasteiger partial charge in [-0.25, -0.2) is 0 Å². The van der Waals surface area contributed by atoms with Crippen LogP contribution in [0, 0.1) is 5.92 Å². The quantitative estimate of drug-likeness (QED) is 0.600. The van der Waals surface area contributed by atoms with Gasteiger partial charge in [0.15, 0.2) is 0 Å². The number of rotatable bonds is 6. The summed E-state index contributed by atoms with van der Waals surface area (Å²) in [4.78, 5) is 0. The highest BCUT2D eigenvalue weighted by Crippen LogP contribution is 2.10. The molecule has 0 saturated carbocycles. The molecule has 2 nitrogen and oxygen atoms in total. The van der Waals surface area contributed by atoms with Crippen LogP contribution in [-0.2, 0) is 4.74 Å².